The van der Waals surface area contributed by atoms with Crippen LogP contribution in [-0.2, 0) is 6.54 Å². The third-order valence-electron chi connectivity index (χ3n) is 1.60. The number of aryl methyl sites for hydroxylation is 1. The molecule has 1 heterocycles. The van der Waals surface area contributed by atoms with Crippen molar-refractivity contribution >= 4 is 0 Å². The largest absolute Gasteiger partial charge is 0.493 e. The van der Waals surface area contributed by atoms with Crippen LogP contribution in [0.3, 0.4) is 0 Å². The molecule has 0 atom stereocenters. The number of ether oxygens (including phenoxy) is 1. The van der Waals surface area contributed by atoms with Crippen molar-refractivity contribution < 1.29 is 4.74 Å². The number of hydrogen-bond donors (Lipinski definition) is 1. The van der Waals surface area contributed by atoms with Crippen molar-refractivity contribution in [2.75, 3.05) is 6.61 Å². The highest BCUT2D eigenvalue weighted by atomic mass is 16.5. The minimum atomic E-state index is 0.475. The van der Waals surface area contributed by atoms with Gasteiger partial charge in [0.05, 0.1) is 6.61 Å². The van der Waals surface area contributed by atoms with Gasteiger partial charge in [0.25, 0.3) is 0 Å². The SMILES string of the molecule is CCOc1cc(C)ncc1CN. The first-order chi connectivity index (χ1) is 5.77. The summed E-state index contributed by atoms with van der Waals surface area (Å²) in [6.45, 7) is 5.03. The molecule has 1 aromatic rings. The van der Waals surface area contributed by atoms with Crippen LogP contribution in [-0.4, -0.2) is 11.6 Å². The Labute approximate surface area is 72.6 Å². The van der Waals surface area contributed by atoms with Gasteiger partial charge in [0.2, 0.25) is 0 Å². The molecule has 0 saturated carbocycles. The third-order valence-corrected chi connectivity index (χ3v) is 1.60. The molecule has 0 aliphatic heterocycles. The number of aromatic nitrogens is 1. The molecule has 0 aromatic carbocycles. The summed E-state index contributed by atoms with van der Waals surface area (Å²) in [4.78, 5) is 4.13. The predicted molar refractivity (Wildman–Crippen MR) is 48.0 cm³/mol. The topological polar surface area (TPSA) is 48.1 Å². The number of rotatable bonds is 3. The smallest absolute Gasteiger partial charge is 0.127 e. The lowest BCUT2D eigenvalue weighted by Crippen LogP contribution is -2.03. The second-order valence-corrected chi connectivity index (χ2v) is 2.57. The van der Waals surface area contributed by atoms with Crippen molar-refractivity contribution in [1.29, 1.82) is 0 Å². The van der Waals surface area contributed by atoms with Crippen LogP contribution in [0.5, 0.6) is 5.75 Å². The highest BCUT2D eigenvalue weighted by Gasteiger charge is 2.01. The maximum atomic E-state index is 5.51. The van der Waals surface area contributed by atoms with E-state index >= 15 is 0 Å². The molecular formula is C9H14N2O. The Balaban J connectivity index is 2.95. The van der Waals surface area contributed by atoms with Crippen molar-refractivity contribution in [1.82, 2.24) is 4.98 Å². The second kappa shape index (κ2) is 4.07. The summed E-state index contributed by atoms with van der Waals surface area (Å²) in [6, 6.07) is 1.91. The number of hydrogen-bond acceptors (Lipinski definition) is 3. The molecule has 0 bridgehead atoms. The van der Waals surface area contributed by atoms with Gasteiger partial charge in [-0.05, 0) is 13.8 Å². The molecule has 0 amide bonds. The van der Waals surface area contributed by atoms with Gasteiger partial charge in [0.1, 0.15) is 5.75 Å². The van der Waals surface area contributed by atoms with Crippen LogP contribution in [0.1, 0.15) is 18.2 Å². The molecule has 0 aliphatic carbocycles. The molecule has 0 radical (unpaired) electrons. The molecule has 12 heavy (non-hydrogen) atoms. The van der Waals surface area contributed by atoms with Crippen LogP contribution in [0.2, 0.25) is 0 Å². The second-order valence-electron chi connectivity index (χ2n) is 2.57. The molecule has 3 nitrogen and oxygen atoms in total. The minimum Gasteiger partial charge on any atom is -0.493 e. The lowest BCUT2D eigenvalue weighted by atomic mass is 10.2. The van der Waals surface area contributed by atoms with Gasteiger partial charge in [-0.3, -0.25) is 4.98 Å². The standard InChI is InChI=1S/C9H14N2O/c1-3-12-9-4-7(2)11-6-8(9)5-10/h4,6H,3,5,10H2,1-2H3. The first kappa shape index (κ1) is 9.00. The highest BCUT2D eigenvalue weighted by Crippen LogP contribution is 2.17. The van der Waals surface area contributed by atoms with Gasteiger partial charge >= 0.3 is 0 Å². The third kappa shape index (κ3) is 1.95. The fourth-order valence-electron chi connectivity index (χ4n) is 1.01. The monoisotopic (exact) mass is 166 g/mol. The normalized spacial score (nSPS) is 9.92. The van der Waals surface area contributed by atoms with Crippen LogP contribution < -0.4 is 10.5 Å². The van der Waals surface area contributed by atoms with E-state index in [0.717, 1.165) is 17.0 Å². The Bertz CT molecular complexity index is 261. The van der Waals surface area contributed by atoms with E-state index in [1.165, 1.54) is 0 Å². The first-order valence-corrected chi connectivity index (χ1v) is 4.06. The van der Waals surface area contributed by atoms with Crippen molar-refractivity contribution in [3.63, 3.8) is 0 Å². The molecule has 3 heteroatoms. The van der Waals surface area contributed by atoms with Crippen LogP contribution in [0.15, 0.2) is 12.3 Å². The highest BCUT2D eigenvalue weighted by molar-refractivity contribution is 5.32. The van der Waals surface area contributed by atoms with E-state index in [-0.39, 0.29) is 0 Å². The zero-order valence-electron chi connectivity index (χ0n) is 7.50. The molecule has 0 spiro atoms. The molecule has 1 rings (SSSR count). The van der Waals surface area contributed by atoms with E-state index in [0.29, 0.717) is 13.2 Å². The Morgan fingerprint density at radius 1 is 1.58 bits per heavy atom. The van der Waals surface area contributed by atoms with Gasteiger partial charge in [0.15, 0.2) is 0 Å². The maximum Gasteiger partial charge on any atom is 0.127 e. The zero-order chi connectivity index (χ0) is 8.97. The van der Waals surface area contributed by atoms with Crippen molar-refractivity contribution in [2.24, 2.45) is 5.73 Å². The summed E-state index contributed by atoms with van der Waals surface area (Å²) < 4.78 is 5.39. The zero-order valence-corrected chi connectivity index (χ0v) is 7.50. The number of nitrogens with two attached hydrogens (primary N) is 1. The van der Waals surface area contributed by atoms with Crippen LogP contribution >= 0.6 is 0 Å². The quantitative estimate of drug-likeness (QED) is 0.735. The predicted octanol–water partition coefficient (Wildman–Crippen LogP) is 1.25. The number of nitrogens with zero attached hydrogens (tertiary/aromatic N) is 1. The summed E-state index contributed by atoms with van der Waals surface area (Å²) in [5.74, 6) is 0.854. The number of pyridine rings is 1. The van der Waals surface area contributed by atoms with Crippen molar-refractivity contribution in [3.8, 4) is 5.75 Å². The lowest BCUT2D eigenvalue weighted by Gasteiger charge is -2.08. The molecule has 0 fully saturated rings. The Kier molecular flexibility index (Phi) is 3.05. The van der Waals surface area contributed by atoms with E-state index in [9.17, 15) is 0 Å². The summed E-state index contributed by atoms with van der Waals surface area (Å²) in [6.07, 6.45) is 1.76. The molecule has 0 unspecified atom stereocenters. The van der Waals surface area contributed by atoms with E-state index < -0.39 is 0 Å². The Hall–Kier alpha value is -1.09. The van der Waals surface area contributed by atoms with Gasteiger partial charge in [-0.25, -0.2) is 0 Å². The van der Waals surface area contributed by atoms with E-state index in [4.69, 9.17) is 10.5 Å². The van der Waals surface area contributed by atoms with Gasteiger partial charge in [-0.15, -0.1) is 0 Å². The van der Waals surface area contributed by atoms with Gasteiger partial charge < -0.3 is 10.5 Å². The van der Waals surface area contributed by atoms with E-state index in [2.05, 4.69) is 4.98 Å². The minimum absolute atomic E-state index is 0.475. The maximum absolute atomic E-state index is 5.51. The van der Waals surface area contributed by atoms with Crippen LogP contribution in [0.4, 0.5) is 0 Å². The van der Waals surface area contributed by atoms with E-state index in [1.54, 1.807) is 6.20 Å². The Morgan fingerprint density at radius 2 is 2.33 bits per heavy atom. The van der Waals surface area contributed by atoms with E-state index in [1.807, 2.05) is 19.9 Å². The molecule has 2 N–H and O–H groups in total. The molecular weight excluding hydrogens is 152 g/mol. The van der Waals surface area contributed by atoms with Crippen LogP contribution in [0, 0.1) is 6.92 Å². The van der Waals surface area contributed by atoms with Crippen molar-refractivity contribution in [3.05, 3.63) is 23.5 Å². The van der Waals surface area contributed by atoms with Crippen LogP contribution in [0.25, 0.3) is 0 Å². The van der Waals surface area contributed by atoms with Crippen molar-refractivity contribution in [2.45, 2.75) is 20.4 Å². The molecule has 0 saturated heterocycles. The van der Waals surface area contributed by atoms with Gasteiger partial charge in [-0.1, -0.05) is 0 Å². The lowest BCUT2D eigenvalue weighted by molar-refractivity contribution is 0.336. The molecule has 0 aliphatic rings. The fourth-order valence-corrected chi connectivity index (χ4v) is 1.01. The fraction of sp³-hybridized carbons (Fsp3) is 0.444. The summed E-state index contributed by atoms with van der Waals surface area (Å²) >= 11 is 0. The average molecular weight is 166 g/mol. The summed E-state index contributed by atoms with van der Waals surface area (Å²) in [5, 5.41) is 0. The van der Waals surface area contributed by atoms with Gasteiger partial charge in [0, 0.05) is 30.1 Å². The average Bonchev–Trinajstić information content (AvgIpc) is 2.05. The van der Waals surface area contributed by atoms with Gasteiger partial charge in [-0.2, -0.15) is 0 Å². The molecule has 1 aromatic heterocycles. The summed E-state index contributed by atoms with van der Waals surface area (Å²) in [7, 11) is 0. The first-order valence-electron chi connectivity index (χ1n) is 4.06. The molecule has 66 valence electrons. The summed E-state index contributed by atoms with van der Waals surface area (Å²) in [5.41, 5.74) is 7.43. The Morgan fingerprint density at radius 3 is 2.92 bits per heavy atom.